The van der Waals surface area contributed by atoms with Gasteiger partial charge in [0.2, 0.25) is 5.91 Å². The maximum atomic E-state index is 12.6. The molecule has 21 heavy (non-hydrogen) atoms. The number of hydrogen-bond donors (Lipinski definition) is 1. The number of hydrogen-bond acceptors (Lipinski definition) is 2. The van der Waals surface area contributed by atoms with E-state index in [9.17, 15) is 18.0 Å². The van der Waals surface area contributed by atoms with Crippen LogP contribution >= 0.6 is 0 Å². The van der Waals surface area contributed by atoms with Crippen molar-refractivity contribution in [3.8, 4) is 0 Å². The first-order chi connectivity index (χ1) is 9.79. The minimum absolute atomic E-state index is 0.112. The zero-order chi connectivity index (χ0) is 15.6. The molecular weight excluding hydrogens is 283 g/mol. The number of ether oxygens (including phenoxy) is 1. The summed E-state index contributed by atoms with van der Waals surface area (Å²) in [5.74, 6) is -0.293. The van der Waals surface area contributed by atoms with Gasteiger partial charge in [-0.3, -0.25) is 4.79 Å². The summed E-state index contributed by atoms with van der Waals surface area (Å²) in [6, 6.07) is 3.55. The van der Waals surface area contributed by atoms with Crippen molar-refractivity contribution in [1.82, 2.24) is 5.32 Å². The monoisotopic (exact) mass is 301 g/mol. The Hall–Kier alpha value is -1.56. The molecule has 3 nitrogen and oxygen atoms in total. The lowest BCUT2D eigenvalue weighted by molar-refractivity contribution is -0.137. The van der Waals surface area contributed by atoms with E-state index < -0.39 is 11.7 Å². The van der Waals surface area contributed by atoms with Gasteiger partial charge in [-0.1, -0.05) is 6.07 Å². The molecule has 6 heteroatoms. The van der Waals surface area contributed by atoms with Crippen LogP contribution < -0.4 is 5.32 Å². The predicted octanol–water partition coefficient (Wildman–Crippen LogP) is 3.06. The number of alkyl halides is 3. The van der Waals surface area contributed by atoms with Gasteiger partial charge in [0.25, 0.3) is 0 Å². The van der Waals surface area contributed by atoms with Crippen molar-refractivity contribution in [3.05, 3.63) is 34.9 Å². The zero-order valence-electron chi connectivity index (χ0n) is 12.0. The molecule has 0 radical (unpaired) electrons. The molecule has 116 valence electrons. The molecule has 2 rings (SSSR count). The lowest BCUT2D eigenvalue weighted by atomic mass is 10.0. The quantitative estimate of drug-likeness (QED) is 0.932. The Morgan fingerprint density at radius 2 is 2.14 bits per heavy atom. The highest BCUT2D eigenvalue weighted by atomic mass is 19.4. The Labute approximate surface area is 121 Å². The number of carbonyl (C=O) groups excluding carboxylic acids is 1. The van der Waals surface area contributed by atoms with E-state index in [0.717, 1.165) is 12.1 Å². The number of aryl methyl sites for hydroxylation is 1. The topological polar surface area (TPSA) is 38.3 Å². The van der Waals surface area contributed by atoms with Crippen LogP contribution in [0.4, 0.5) is 13.2 Å². The fourth-order valence-corrected chi connectivity index (χ4v) is 2.46. The summed E-state index contributed by atoms with van der Waals surface area (Å²) in [6.07, 6.45) is -3.78. The van der Waals surface area contributed by atoms with Crippen molar-refractivity contribution in [1.29, 1.82) is 0 Å². The number of amides is 1. The summed E-state index contributed by atoms with van der Waals surface area (Å²) in [7, 11) is 0. The molecule has 0 aromatic heterocycles. The zero-order valence-corrected chi connectivity index (χ0v) is 12.0. The van der Waals surface area contributed by atoms with Crippen LogP contribution in [-0.2, 0) is 22.3 Å². The summed E-state index contributed by atoms with van der Waals surface area (Å²) < 4.78 is 43.1. The minimum atomic E-state index is -4.34. The predicted molar refractivity (Wildman–Crippen MR) is 71.5 cm³/mol. The number of benzene rings is 1. The molecule has 1 aromatic carbocycles. The first-order valence-corrected chi connectivity index (χ1v) is 6.85. The van der Waals surface area contributed by atoms with Gasteiger partial charge in [-0.15, -0.1) is 0 Å². The van der Waals surface area contributed by atoms with Crippen LogP contribution in [0.2, 0.25) is 0 Å². The molecule has 0 aliphatic carbocycles. The molecule has 1 heterocycles. The SMILES string of the molecule is Cc1cc(C(F)(F)F)ccc1CNC(=O)[C@@H]1CCO[C@@H]1C. The summed E-state index contributed by atoms with van der Waals surface area (Å²) in [5, 5.41) is 2.77. The lowest BCUT2D eigenvalue weighted by Gasteiger charge is -2.15. The number of halogens is 3. The smallest absolute Gasteiger partial charge is 0.378 e. The Morgan fingerprint density at radius 3 is 2.67 bits per heavy atom. The van der Waals surface area contributed by atoms with Gasteiger partial charge in [0.05, 0.1) is 17.6 Å². The van der Waals surface area contributed by atoms with Crippen molar-refractivity contribution < 1.29 is 22.7 Å². The van der Waals surface area contributed by atoms with Gasteiger partial charge in [-0.05, 0) is 43.5 Å². The molecule has 0 bridgehead atoms. The van der Waals surface area contributed by atoms with Crippen LogP contribution in [0.25, 0.3) is 0 Å². The maximum absolute atomic E-state index is 12.6. The molecule has 0 spiro atoms. The average molecular weight is 301 g/mol. The van der Waals surface area contributed by atoms with Crippen LogP contribution in [0.1, 0.15) is 30.0 Å². The highest BCUT2D eigenvalue weighted by Gasteiger charge is 2.31. The first-order valence-electron chi connectivity index (χ1n) is 6.85. The number of carbonyl (C=O) groups is 1. The van der Waals surface area contributed by atoms with E-state index in [0.29, 0.717) is 24.2 Å². The third-order valence-electron chi connectivity index (χ3n) is 3.84. The van der Waals surface area contributed by atoms with Crippen LogP contribution in [0.15, 0.2) is 18.2 Å². The van der Waals surface area contributed by atoms with E-state index in [1.165, 1.54) is 6.07 Å². The van der Waals surface area contributed by atoms with Gasteiger partial charge in [0.1, 0.15) is 0 Å². The molecule has 1 aliphatic rings. The van der Waals surface area contributed by atoms with Gasteiger partial charge in [0, 0.05) is 13.2 Å². The van der Waals surface area contributed by atoms with Gasteiger partial charge in [0.15, 0.2) is 0 Å². The minimum Gasteiger partial charge on any atom is -0.378 e. The lowest BCUT2D eigenvalue weighted by Crippen LogP contribution is -2.33. The van der Waals surface area contributed by atoms with E-state index in [-0.39, 0.29) is 24.5 Å². The van der Waals surface area contributed by atoms with Gasteiger partial charge in [-0.25, -0.2) is 0 Å². The van der Waals surface area contributed by atoms with Crippen LogP contribution in [-0.4, -0.2) is 18.6 Å². The molecular formula is C15H18F3NO2. The summed E-state index contributed by atoms with van der Waals surface area (Å²) in [6.45, 7) is 4.25. The number of rotatable bonds is 3. The van der Waals surface area contributed by atoms with Crippen molar-refractivity contribution in [2.45, 2.75) is 39.1 Å². The molecule has 1 amide bonds. The molecule has 1 N–H and O–H groups in total. The summed E-state index contributed by atoms with van der Waals surface area (Å²) in [5.41, 5.74) is 0.525. The van der Waals surface area contributed by atoms with Crippen molar-refractivity contribution in [2.75, 3.05) is 6.61 Å². The standard InChI is InChI=1S/C15H18F3NO2/c1-9-7-12(15(16,17)18)4-3-11(9)8-19-14(20)13-5-6-21-10(13)2/h3-4,7,10,13H,5-6,8H2,1-2H3,(H,19,20)/t10-,13-/m1/s1. The molecule has 1 aliphatic heterocycles. The van der Waals surface area contributed by atoms with Crippen LogP contribution in [0.3, 0.4) is 0 Å². The second-order valence-corrected chi connectivity index (χ2v) is 5.33. The normalized spacial score (nSPS) is 22.3. The van der Waals surface area contributed by atoms with Gasteiger partial charge >= 0.3 is 6.18 Å². The van der Waals surface area contributed by atoms with E-state index in [2.05, 4.69) is 5.32 Å². The molecule has 0 saturated carbocycles. The number of nitrogens with one attached hydrogen (secondary N) is 1. The van der Waals surface area contributed by atoms with Gasteiger partial charge in [-0.2, -0.15) is 13.2 Å². The summed E-state index contributed by atoms with van der Waals surface area (Å²) in [4.78, 5) is 12.0. The fraction of sp³-hybridized carbons (Fsp3) is 0.533. The molecule has 1 aromatic rings. The van der Waals surface area contributed by atoms with E-state index >= 15 is 0 Å². The van der Waals surface area contributed by atoms with Gasteiger partial charge < -0.3 is 10.1 Å². The molecule has 1 saturated heterocycles. The van der Waals surface area contributed by atoms with E-state index in [1.807, 2.05) is 6.92 Å². The van der Waals surface area contributed by atoms with Crippen LogP contribution in [0.5, 0.6) is 0 Å². The van der Waals surface area contributed by atoms with E-state index in [4.69, 9.17) is 4.74 Å². The second-order valence-electron chi connectivity index (χ2n) is 5.33. The Kier molecular flexibility index (Phi) is 4.56. The van der Waals surface area contributed by atoms with Crippen LogP contribution in [0, 0.1) is 12.8 Å². The highest BCUT2D eigenvalue weighted by molar-refractivity contribution is 5.79. The maximum Gasteiger partial charge on any atom is 0.416 e. The fourth-order valence-electron chi connectivity index (χ4n) is 2.46. The Morgan fingerprint density at radius 1 is 1.43 bits per heavy atom. The average Bonchev–Trinajstić information content (AvgIpc) is 2.82. The third-order valence-corrected chi connectivity index (χ3v) is 3.84. The van der Waals surface area contributed by atoms with Crippen molar-refractivity contribution in [2.24, 2.45) is 5.92 Å². The van der Waals surface area contributed by atoms with E-state index in [1.54, 1.807) is 6.92 Å². The second kappa shape index (κ2) is 6.05. The summed E-state index contributed by atoms with van der Waals surface area (Å²) >= 11 is 0. The Balaban J connectivity index is 1.99. The molecule has 1 fully saturated rings. The van der Waals surface area contributed by atoms with Crippen molar-refractivity contribution >= 4 is 5.91 Å². The highest BCUT2D eigenvalue weighted by Crippen LogP contribution is 2.30. The molecule has 2 atom stereocenters. The van der Waals surface area contributed by atoms with Crippen molar-refractivity contribution in [3.63, 3.8) is 0 Å². The largest absolute Gasteiger partial charge is 0.416 e. The Bertz CT molecular complexity index is 528. The third kappa shape index (κ3) is 3.75. The first kappa shape index (κ1) is 15.8. The molecule has 0 unspecified atom stereocenters.